The monoisotopic (exact) mass is 354 g/mol. The van der Waals surface area contributed by atoms with Gasteiger partial charge in [-0.3, -0.25) is 9.48 Å². The van der Waals surface area contributed by atoms with Crippen LogP contribution in [0.15, 0.2) is 24.5 Å². The van der Waals surface area contributed by atoms with E-state index < -0.39 is 17.0 Å². The molecule has 24 heavy (non-hydrogen) atoms. The average Bonchev–Trinajstić information content (AvgIpc) is 3.08. The topological polar surface area (TPSA) is 77.1 Å². The van der Waals surface area contributed by atoms with Crippen LogP contribution in [0.1, 0.15) is 27.4 Å². The predicted molar refractivity (Wildman–Crippen MR) is 81.8 cm³/mol. The van der Waals surface area contributed by atoms with Crippen LogP contribution in [-0.2, 0) is 19.0 Å². The molecule has 3 aromatic heterocycles. The van der Waals surface area contributed by atoms with E-state index in [1.54, 1.807) is 31.0 Å². The summed E-state index contributed by atoms with van der Waals surface area (Å²) in [6.07, 6.45) is 3.36. The third-order valence-corrected chi connectivity index (χ3v) is 3.48. The van der Waals surface area contributed by atoms with Crippen molar-refractivity contribution in [3.63, 3.8) is 0 Å². The summed E-state index contributed by atoms with van der Waals surface area (Å²) in [7, 11) is 1.76. The normalized spacial score (nSPS) is 11.9. The number of hydrogen-bond acceptors (Lipinski definition) is 4. The van der Waals surface area contributed by atoms with E-state index in [1.165, 1.54) is 6.07 Å². The molecule has 0 spiro atoms. The van der Waals surface area contributed by atoms with Gasteiger partial charge in [-0.05, 0) is 24.6 Å². The largest absolute Gasteiger partial charge is 0.364 e. The van der Waals surface area contributed by atoms with E-state index in [4.69, 9.17) is 11.6 Å². The molecule has 0 aromatic carbocycles. The Labute approximate surface area is 140 Å². The minimum absolute atomic E-state index is 0.0286. The number of amides is 1. The number of aromatic nitrogens is 5. The molecule has 0 fully saturated rings. The molecule has 1 amide bonds. The van der Waals surface area contributed by atoms with Gasteiger partial charge in [0.15, 0.2) is 11.3 Å². The SMILES string of the molecule is Cc1cc(C(F)(F)Cl)n2nc(C(=O)NCc3cnn(C)c3)cc2n1. The number of nitrogens with one attached hydrogen (secondary N) is 1. The lowest BCUT2D eigenvalue weighted by molar-refractivity contribution is 0.0864. The molecule has 0 radical (unpaired) electrons. The molecule has 10 heteroatoms. The van der Waals surface area contributed by atoms with Crippen molar-refractivity contribution in [3.05, 3.63) is 47.2 Å². The first-order chi connectivity index (χ1) is 11.2. The van der Waals surface area contributed by atoms with E-state index in [-0.39, 0.29) is 17.9 Å². The van der Waals surface area contributed by atoms with E-state index in [9.17, 15) is 13.6 Å². The molecular formula is C14H13ClF2N6O. The fourth-order valence-electron chi connectivity index (χ4n) is 2.25. The van der Waals surface area contributed by atoms with Gasteiger partial charge < -0.3 is 5.32 Å². The van der Waals surface area contributed by atoms with Crippen LogP contribution in [0.4, 0.5) is 8.78 Å². The second-order valence-corrected chi connectivity index (χ2v) is 5.76. The van der Waals surface area contributed by atoms with Gasteiger partial charge in [0.2, 0.25) is 0 Å². The zero-order chi connectivity index (χ0) is 17.5. The molecule has 1 N–H and O–H groups in total. The fraction of sp³-hybridized carbons (Fsp3) is 0.286. The first-order valence-corrected chi connectivity index (χ1v) is 7.32. The smallest absolute Gasteiger partial charge is 0.346 e. The number of carbonyl (C=O) groups excluding carboxylic acids is 1. The number of nitrogens with zero attached hydrogens (tertiary/aromatic N) is 5. The quantitative estimate of drug-likeness (QED) is 0.727. The summed E-state index contributed by atoms with van der Waals surface area (Å²) in [4.78, 5) is 16.3. The molecule has 0 aliphatic carbocycles. The number of alkyl halides is 3. The lowest BCUT2D eigenvalue weighted by Gasteiger charge is -2.10. The van der Waals surface area contributed by atoms with E-state index in [0.717, 1.165) is 16.1 Å². The number of fused-ring (bicyclic) bond motifs is 1. The summed E-state index contributed by atoms with van der Waals surface area (Å²) in [6.45, 7) is 1.80. The fourth-order valence-corrected chi connectivity index (χ4v) is 2.38. The van der Waals surface area contributed by atoms with Gasteiger partial charge in [0.1, 0.15) is 5.69 Å². The van der Waals surface area contributed by atoms with Crippen molar-refractivity contribution >= 4 is 23.2 Å². The van der Waals surface area contributed by atoms with Gasteiger partial charge in [0, 0.05) is 37.1 Å². The molecule has 0 bridgehead atoms. The lowest BCUT2D eigenvalue weighted by atomic mass is 10.3. The van der Waals surface area contributed by atoms with Gasteiger partial charge >= 0.3 is 5.38 Å². The highest BCUT2D eigenvalue weighted by atomic mass is 35.5. The highest BCUT2D eigenvalue weighted by Gasteiger charge is 2.32. The van der Waals surface area contributed by atoms with Crippen LogP contribution in [-0.4, -0.2) is 30.3 Å². The molecular weight excluding hydrogens is 342 g/mol. The Hall–Kier alpha value is -2.55. The second-order valence-electron chi connectivity index (χ2n) is 5.29. The molecule has 3 heterocycles. The van der Waals surface area contributed by atoms with E-state index in [1.807, 2.05) is 0 Å². The molecule has 0 atom stereocenters. The molecule has 0 saturated carbocycles. The van der Waals surface area contributed by atoms with E-state index >= 15 is 0 Å². The number of hydrogen-bond donors (Lipinski definition) is 1. The third-order valence-electron chi connectivity index (χ3n) is 3.29. The van der Waals surface area contributed by atoms with E-state index in [0.29, 0.717) is 5.69 Å². The molecule has 0 aliphatic rings. The number of carbonyl (C=O) groups is 1. The van der Waals surface area contributed by atoms with Crippen LogP contribution in [0, 0.1) is 6.92 Å². The Morgan fingerprint density at radius 1 is 1.42 bits per heavy atom. The van der Waals surface area contributed by atoms with Gasteiger partial charge in [-0.1, -0.05) is 0 Å². The van der Waals surface area contributed by atoms with Crippen molar-refractivity contribution in [1.82, 2.24) is 29.7 Å². The van der Waals surface area contributed by atoms with Crippen LogP contribution >= 0.6 is 11.6 Å². The van der Waals surface area contributed by atoms with Crippen LogP contribution in [0.5, 0.6) is 0 Å². The van der Waals surface area contributed by atoms with Gasteiger partial charge in [0.05, 0.1) is 6.20 Å². The summed E-state index contributed by atoms with van der Waals surface area (Å²) in [5, 5.41) is 6.90. The standard InChI is InChI=1S/C14H13ClF2N6O/c1-8-3-11(14(15,16)17)23-12(20-8)4-10(21-23)13(24)18-5-9-6-19-22(2)7-9/h3-4,6-7H,5H2,1-2H3,(H,18,24). The van der Waals surface area contributed by atoms with Crippen LogP contribution < -0.4 is 5.32 Å². The zero-order valence-electron chi connectivity index (χ0n) is 12.8. The summed E-state index contributed by atoms with van der Waals surface area (Å²) < 4.78 is 29.5. The maximum atomic E-state index is 13.5. The van der Waals surface area contributed by atoms with Crippen LogP contribution in [0.25, 0.3) is 5.65 Å². The van der Waals surface area contributed by atoms with Crippen molar-refractivity contribution in [1.29, 1.82) is 0 Å². The zero-order valence-corrected chi connectivity index (χ0v) is 13.6. The van der Waals surface area contributed by atoms with Gasteiger partial charge in [-0.25, -0.2) is 9.50 Å². The molecule has 3 rings (SSSR count). The Balaban J connectivity index is 1.88. The molecule has 126 valence electrons. The maximum Gasteiger partial charge on any atom is 0.364 e. The molecule has 7 nitrogen and oxygen atoms in total. The minimum atomic E-state index is -3.62. The minimum Gasteiger partial charge on any atom is -0.346 e. The molecule has 0 aliphatic heterocycles. The summed E-state index contributed by atoms with van der Waals surface area (Å²) in [6, 6.07) is 2.46. The average molecular weight is 355 g/mol. The Kier molecular flexibility index (Phi) is 3.96. The molecule has 0 saturated heterocycles. The predicted octanol–water partition coefficient (Wildman–Crippen LogP) is 1.99. The summed E-state index contributed by atoms with van der Waals surface area (Å²) >= 11 is 5.11. The van der Waals surface area contributed by atoms with Crippen LogP contribution in [0.3, 0.4) is 0 Å². The third kappa shape index (κ3) is 3.21. The molecule has 3 aromatic rings. The van der Waals surface area contributed by atoms with Crippen molar-refractivity contribution in [3.8, 4) is 0 Å². The highest BCUT2D eigenvalue weighted by Crippen LogP contribution is 2.32. The first-order valence-electron chi connectivity index (χ1n) is 6.94. The second kappa shape index (κ2) is 5.82. The van der Waals surface area contributed by atoms with Crippen molar-refractivity contribution in [2.24, 2.45) is 7.05 Å². The van der Waals surface area contributed by atoms with Crippen molar-refractivity contribution in [2.45, 2.75) is 18.9 Å². The summed E-state index contributed by atoms with van der Waals surface area (Å²) in [5.41, 5.74) is 0.700. The summed E-state index contributed by atoms with van der Waals surface area (Å²) in [5.74, 6) is -0.508. The Morgan fingerprint density at radius 2 is 2.17 bits per heavy atom. The van der Waals surface area contributed by atoms with Gasteiger partial charge in [-0.15, -0.1) is 0 Å². The lowest BCUT2D eigenvalue weighted by Crippen LogP contribution is -2.23. The van der Waals surface area contributed by atoms with Crippen LogP contribution in [0.2, 0.25) is 0 Å². The van der Waals surface area contributed by atoms with Gasteiger partial charge in [-0.2, -0.15) is 19.0 Å². The highest BCUT2D eigenvalue weighted by molar-refractivity contribution is 6.21. The number of aryl methyl sites for hydroxylation is 2. The number of halogens is 3. The Morgan fingerprint density at radius 3 is 2.79 bits per heavy atom. The van der Waals surface area contributed by atoms with Crippen molar-refractivity contribution in [2.75, 3.05) is 0 Å². The maximum absolute atomic E-state index is 13.5. The number of rotatable bonds is 4. The molecule has 0 unspecified atom stereocenters. The van der Waals surface area contributed by atoms with Gasteiger partial charge in [0.25, 0.3) is 5.91 Å². The van der Waals surface area contributed by atoms with Crippen molar-refractivity contribution < 1.29 is 13.6 Å². The first kappa shape index (κ1) is 16.3. The van der Waals surface area contributed by atoms with E-state index in [2.05, 4.69) is 20.5 Å². The Bertz CT molecular complexity index is 914.